The van der Waals surface area contributed by atoms with Crippen molar-refractivity contribution in [2.45, 2.75) is 32.9 Å². The number of aromatic nitrogens is 2. The zero-order valence-electron chi connectivity index (χ0n) is 18.4. The molecule has 2 aromatic carbocycles. The second-order valence-electron chi connectivity index (χ2n) is 7.67. The SMILES string of the molecule is CCCc1ccc(OCc2ccc(C(=O)Nc3nn(Cc4ccc(Cl)c(Cl)c4)cc3Br)o2)cc1. The van der Waals surface area contributed by atoms with Crippen molar-refractivity contribution in [1.82, 2.24) is 9.78 Å². The molecular weight excluding hydrogens is 541 g/mol. The number of benzene rings is 2. The van der Waals surface area contributed by atoms with Gasteiger partial charge in [-0.3, -0.25) is 9.48 Å². The number of carbonyl (C=O) groups excluding carboxylic acids is 1. The Morgan fingerprint density at radius 1 is 1.09 bits per heavy atom. The molecule has 2 heterocycles. The first-order valence-electron chi connectivity index (χ1n) is 10.7. The number of hydrogen-bond acceptors (Lipinski definition) is 4. The van der Waals surface area contributed by atoms with E-state index in [0.29, 0.717) is 32.6 Å². The number of halogens is 3. The highest BCUT2D eigenvalue weighted by Gasteiger charge is 2.16. The van der Waals surface area contributed by atoms with Crippen LogP contribution in [-0.4, -0.2) is 15.7 Å². The quantitative estimate of drug-likeness (QED) is 0.231. The van der Waals surface area contributed by atoms with E-state index >= 15 is 0 Å². The minimum Gasteiger partial charge on any atom is -0.486 e. The summed E-state index contributed by atoms with van der Waals surface area (Å²) in [6.07, 6.45) is 3.91. The molecule has 6 nitrogen and oxygen atoms in total. The Balaban J connectivity index is 1.34. The molecule has 1 amide bonds. The Bertz CT molecular complexity index is 1290. The van der Waals surface area contributed by atoms with Gasteiger partial charge in [0.15, 0.2) is 11.6 Å². The van der Waals surface area contributed by atoms with Gasteiger partial charge in [-0.05, 0) is 69.9 Å². The van der Waals surface area contributed by atoms with Gasteiger partial charge in [0, 0.05) is 6.20 Å². The van der Waals surface area contributed by atoms with Crippen molar-refractivity contribution in [1.29, 1.82) is 0 Å². The first kappa shape index (κ1) is 24.4. The van der Waals surface area contributed by atoms with E-state index < -0.39 is 5.91 Å². The average Bonchev–Trinajstić information content (AvgIpc) is 3.43. The van der Waals surface area contributed by atoms with E-state index in [9.17, 15) is 4.79 Å². The van der Waals surface area contributed by atoms with Crippen LogP contribution < -0.4 is 10.1 Å². The third kappa shape index (κ3) is 6.23. The molecule has 0 aliphatic carbocycles. The Labute approximate surface area is 215 Å². The van der Waals surface area contributed by atoms with E-state index in [2.05, 4.69) is 45.4 Å². The van der Waals surface area contributed by atoms with Crippen LogP contribution in [0.25, 0.3) is 0 Å². The van der Waals surface area contributed by atoms with Crippen LogP contribution in [-0.2, 0) is 19.6 Å². The predicted molar refractivity (Wildman–Crippen MR) is 137 cm³/mol. The van der Waals surface area contributed by atoms with Gasteiger partial charge in [0.05, 0.1) is 21.1 Å². The van der Waals surface area contributed by atoms with E-state index in [-0.39, 0.29) is 12.4 Å². The highest BCUT2D eigenvalue weighted by molar-refractivity contribution is 9.10. The monoisotopic (exact) mass is 561 g/mol. The van der Waals surface area contributed by atoms with Gasteiger partial charge in [-0.1, -0.05) is 54.7 Å². The molecule has 0 saturated carbocycles. The van der Waals surface area contributed by atoms with Gasteiger partial charge in [0.2, 0.25) is 0 Å². The maximum atomic E-state index is 12.7. The van der Waals surface area contributed by atoms with Gasteiger partial charge in [0.1, 0.15) is 18.1 Å². The number of rotatable bonds is 9. The van der Waals surface area contributed by atoms with E-state index in [1.54, 1.807) is 35.1 Å². The van der Waals surface area contributed by atoms with Gasteiger partial charge in [-0.15, -0.1) is 0 Å². The molecule has 0 atom stereocenters. The lowest BCUT2D eigenvalue weighted by molar-refractivity contribution is 0.0992. The van der Waals surface area contributed by atoms with Crippen LogP contribution in [0.1, 0.15) is 40.8 Å². The average molecular weight is 563 g/mol. The molecule has 34 heavy (non-hydrogen) atoms. The molecule has 0 fully saturated rings. The van der Waals surface area contributed by atoms with Crippen LogP contribution in [0.15, 0.2) is 69.7 Å². The number of nitrogens with zero attached hydrogens (tertiary/aromatic N) is 2. The summed E-state index contributed by atoms with van der Waals surface area (Å²) in [6.45, 7) is 2.84. The smallest absolute Gasteiger partial charge is 0.292 e. The zero-order chi connectivity index (χ0) is 24.1. The molecule has 0 aliphatic rings. The number of ether oxygens (including phenoxy) is 1. The molecule has 0 bridgehead atoms. The number of amides is 1. The maximum Gasteiger partial charge on any atom is 0.292 e. The van der Waals surface area contributed by atoms with Crippen molar-refractivity contribution in [3.63, 3.8) is 0 Å². The molecule has 4 aromatic rings. The van der Waals surface area contributed by atoms with Crippen molar-refractivity contribution < 1.29 is 13.9 Å². The molecule has 0 radical (unpaired) electrons. The zero-order valence-corrected chi connectivity index (χ0v) is 21.5. The first-order valence-corrected chi connectivity index (χ1v) is 12.2. The normalized spacial score (nSPS) is 10.9. The second kappa shape index (κ2) is 11.1. The van der Waals surface area contributed by atoms with Crippen molar-refractivity contribution in [3.05, 3.63) is 98.0 Å². The fourth-order valence-electron chi connectivity index (χ4n) is 3.33. The van der Waals surface area contributed by atoms with Crippen LogP contribution in [0.4, 0.5) is 5.82 Å². The Morgan fingerprint density at radius 2 is 1.85 bits per heavy atom. The van der Waals surface area contributed by atoms with Crippen LogP contribution >= 0.6 is 39.1 Å². The molecule has 0 unspecified atom stereocenters. The summed E-state index contributed by atoms with van der Waals surface area (Å²) >= 11 is 15.5. The number of hydrogen-bond donors (Lipinski definition) is 1. The van der Waals surface area contributed by atoms with Gasteiger partial charge in [-0.2, -0.15) is 5.10 Å². The van der Waals surface area contributed by atoms with E-state index in [4.69, 9.17) is 32.4 Å². The highest BCUT2D eigenvalue weighted by atomic mass is 79.9. The summed E-state index contributed by atoms with van der Waals surface area (Å²) in [6, 6.07) is 16.7. The van der Waals surface area contributed by atoms with E-state index in [1.807, 2.05) is 18.2 Å². The minimum atomic E-state index is -0.407. The number of furan rings is 1. The molecule has 9 heteroatoms. The Hall–Kier alpha value is -2.74. The summed E-state index contributed by atoms with van der Waals surface area (Å²) in [5.74, 6) is 1.44. The molecule has 0 aliphatic heterocycles. The topological polar surface area (TPSA) is 69.3 Å². The number of aryl methyl sites for hydroxylation is 1. The largest absolute Gasteiger partial charge is 0.486 e. The third-order valence-electron chi connectivity index (χ3n) is 5.01. The fraction of sp³-hybridized carbons (Fsp3) is 0.200. The lowest BCUT2D eigenvalue weighted by Gasteiger charge is -2.05. The molecule has 1 N–H and O–H groups in total. The van der Waals surface area contributed by atoms with Crippen LogP contribution in [0.5, 0.6) is 5.75 Å². The van der Waals surface area contributed by atoms with Crippen molar-refractivity contribution >= 4 is 50.9 Å². The molecule has 4 rings (SSSR count). The molecular formula is C25H22BrCl2N3O3. The van der Waals surface area contributed by atoms with Crippen molar-refractivity contribution in [3.8, 4) is 5.75 Å². The van der Waals surface area contributed by atoms with Gasteiger partial charge >= 0.3 is 0 Å². The molecule has 0 saturated heterocycles. The summed E-state index contributed by atoms with van der Waals surface area (Å²) in [7, 11) is 0. The van der Waals surface area contributed by atoms with Crippen molar-refractivity contribution in [2.75, 3.05) is 5.32 Å². The van der Waals surface area contributed by atoms with E-state index in [1.165, 1.54) is 5.56 Å². The predicted octanol–water partition coefficient (Wildman–Crippen LogP) is 7.38. The summed E-state index contributed by atoms with van der Waals surface area (Å²) in [5, 5.41) is 8.15. The minimum absolute atomic E-state index is 0.169. The summed E-state index contributed by atoms with van der Waals surface area (Å²) < 4.78 is 13.7. The fourth-order valence-corrected chi connectivity index (χ4v) is 4.07. The molecule has 176 valence electrons. The summed E-state index contributed by atoms with van der Waals surface area (Å²) in [4.78, 5) is 12.7. The number of nitrogens with one attached hydrogen (secondary N) is 1. The highest BCUT2D eigenvalue weighted by Crippen LogP contribution is 2.25. The van der Waals surface area contributed by atoms with Crippen LogP contribution in [0.2, 0.25) is 10.0 Å². The van der Waals surface area contributed by atoms with E-state index in [0.717, 1.165) is 24.2 Å². The Morgan fingerprint density at radius 3 is 2.59 bits per heavy atom. The number of carbonyl (C=O) groups is 1. The molecule has 0 spiro atoms. The van der Waals surface area contributed by atoms with Gasteiger partial charge in [0.25, 0.3) is 5.91 Å². The Kier molecular flexibility index (Phi) is 7.98. The second-order valence-corrected chi connectivity index (χ2v) is 9.34. The van der Waals surface area contributed by atoms with Gasteiger partial charge < -0.3 is 14.5 Å². The maximum absolute atomic E-state index is 12.7. The van der Waals surface area contributed by atoms with Crippen LogP contribution in [0, 0.1) is 0 Å². The number of anilines is 1. The standard InChI is InChI=1S/C25H22BrCl2N3O3/c1-2-3-16-4-7-18(8-5-16)33-15-19-9-11-23(34-19)25(32)29-24-20(26)14-31(30-24)13-17-6-10-21(27)22(28)12-17/h4-12,14H,2-3,13,15H2,1H3,(H,29,30,32). The lowest BCUT2D eigenvalue weighted by atomic mass is 10.1. The first-order chi connectivity index (χ1) is 16.4. The molecule has 2 aromatic heterocycles. The van der Waals surface area contributed by atoms with Gasteiger partial charge in [-0.25, -0.2) is 0 Å². The van der Waals surface area contributed by atoms with Crippen molar-refractivity contribution in [2.24, 2.45) is 0 Å². The lowest BCUT2D eigenvalue weighted by Crippen LogP contribution is -2.12. The third-order valence-corrected chi connectivity index (χ3v) is 6.33. The van der Waals surface area contributed by atoms with Crippen LogP contribution in [0.3, 0.4) is 0 Å². The summed E-state index contributed by atoms with van der Waals surface area (Å²) in [5.41, 5.74) is 2.20.